The summed E-state index contributed by atoms with van der Waals surface area (Å²) in [6, 6.07) is 7.05. The van der Waals surface area contributed by atoms with E-state index < -0.39 is 0 Å². The van der Waals surface area contributed by atoms with Gasteiger partial charge >= 0.3 is 0 Å². The third-order valence-electron chi connectivity index (χ3n) is 3.73. The molecule has 1 aliphatic heterocycles. The van der Waals surface area contributed by atoms with Crippen molar-refractivity contribution in [2.24, 2.45) is 11.7 Å². The van der Waals surface area contributed by atoms with Gasteiger partial charge in [-0.3, -0.25) is 4.90 Å². The molecule has 4 heteroatoms. The first-order valence-corrected chi connectivity index (χ1v) is 8.15. The zero-order chi connectivity index (χ0) is 13.1. The van der Waals surface area contributed by atoms with Gasteiger partial charge in [-0.05, 0) is 87.9 Å². The van der Waals surface area contributed by atoms with Crippen molar-refractivity contribution in [3.63, 3.8) is 0 Å². The molecule has 1 saturated heterocycles. The molecule has 1 heterocycles. The summed E-state index contributed by atoms with van der Waals surface area (Å²) in [7, 11) is 0. The second-order valence-electron chi connectivity index (χ2n) is 4.94. The van der Waals surface area contributed by atoms with Gasteiger partial charge in [-0.25, -0.2) is 0 Å². The molecule has 0 bridgehead atoms. The molecule has 0 spiro atoms. The highest BCUT2D eigenvalue weighted by Gasteiger charge is 2.33. The van der Waals surface area contributed by atoms with Gasteiger partial charge in [-0.15, -0.1) is 0 Å². The zero-order valence-electron chi connectivity index (χ0n) is 10.7. The summed E-state index contributed by atoms with van der Waals surface area (Å²) in [5.41, 5.74) is 7.32. The number of likely N-dealkylation sites (tertiary alicyclic amines) is 1. The predicted octanol–water partition coefficient (Wildman–Crippen LogP) is 3.94. The van der Waals surface area contributed by atoms with Crippen molar-refractivity contribution in [2.45, 2.75) is 25.8 Å². The molecule has 100 valence electrons. The lowest BCUT2D eigenvalue weighted by molar-refractivity contribution is 0.230. The molecule has 0 radical (unpaired) electrons. The fourth-order valence-corrected chi connectivity index (χ4v) is 3.53. The predicted molar refractivity (Wildman–Crippen MR) is 83.6 cm³/mol. The highest BCUT2D eigenvalue weighted by Crippen LogP contribution is 2.38. The van der Waals surface area contributed by atoms with Gasteiger partial charge < -0.3 is 5.73 Å². The molecule has 2 unspecified atom stereocenters. The van der Waals surface area contributed by atoms with E-state index in [1.54, 1.807) is 0 Å². The Morgan fingerprint density at radius 1 is 1.33 bits per heavy atom. The molecule has 2 N–H and O–H groups in total. The smallest absolute Gasteiger partial charge is 0.0389 e. The fourth-order valence-electron chi connectivity index (χ4n) is 2.89. The van der Waals surface area contributed by atoms with E-state index >= 15 is 0 Å². The third kappa shape index (κ3) is 2.98. The van der Waals surface area contributed by atoms with E-state index in [0.29, 0.717) is 12.0 Å². The van der Waals surface area contributed by atoms with E-state index in [2.05, 4.69) is 61.9 Å². The molecule has 2 atom stereocenters. The lowest BCUT2D eigenvalue weighted by Crippen LogP contribution is -2.28. The van der Waals surface area contributed by atoms with E-state index in [-0.39, 0.29) is 0 Å². The van der Waals surface area contributed by atoms with E-state index in [1.165, 1.54) is 24.9 Å². The quantitative estimate of drug-likeness (QED) is 0.863. The van der Waals surface area contributed by atoms with Crippen LogP contribution in [0.25, 0.3) is 0 Å². The summed E-state index contributed by atoms with van der Waals surface area (Å²) < 4.78 is 2.23. The molecule has 0 amide bonds. The topological polar surface area (TPSA) is 29.3 Å². The SMILES string of the molecule is CCCN1CCC(CN)C1c1ccc(Br)c(Br)c1. The minimum Gasteiger partial charge on any atom is -0.330 e. The van der Waals surface area contributed by atoms with Crippen LogP contribution in [0.2, 0.25) is 0 Å². The van der Waals surface area contributed by atoms with Crippen LogP contribution >= 0.6 is 31.9 Å². The Morgan fingerprint density at radius 3 is 2.72 bits per heavy atom. The van der Waals surface area contributed by atoms with Crippen LogP contribution in [0.1, 0.15) is 31.4 Å². The van der Waals surface area contributed by atoms with Crippen molar-refractivity contribution < 1.29 is 0 Å². The number of rotatable bonds is 4. The minimum atomic E-state index is 0.486. The second kappa shape index (κ2) is 6.51. The molecule has 1 fully saturated rings. The Kier molecular flexibility index (Phi) is 5.24. The van der Waals surface area contributed by atoms with Crippen LogP contribution < -0.4 is 5.73 Å². The monoisotopic (exact) mass is 374 g/mol. The lowest BCUT2D eigenvalue weighted by Gasteiger charge is -2.28. The minimum absolute atomic E-state index is 0.486. The number of nitrogens with zero attached hydrogens (tertiary/aromatic N) is 1. The van der Waals surface area contributed by atoms with Crippen LogP contribution in [-0.2, 0) is 0 Å². The van der Waals surface area contributed by atoms with Crippen molar-refractivity contribution in [1.29, 1.82) is 0 Å². The molecule has 1 aromatic rings. The normalized spacial score (nSPS) is 24.7. The molecule has 18 heavy (non-hydrogen) atoms. The van der Waals surface area contributed by atoms with Crippen LogP contribution in [0.15, 0.2) is 27.1 Å². The maximum absolute atomic E-state index is 5.94. The van der Waals surface area contributed by atoms with Crippen LogP contribution in [0.3, 0.4) is 0 Å². The van der Waals surface area contributed by atoms with E-state index in [0.717, 1.165) is 22.0 Å². The van der Waals surface area contributed by atoms with E-state index in [9.17, 15) is 0 Å². The zero-order valence-corrected chi connectivity index (χ0v) is 13.9. The Bertz CT molecular complexity index is 409. The van der Waals surface area contributed by atoms with Gasteiger partial charge in [0.2, 0.25) is 0 Å². The molecule has 1 aromatic carbocycles. The number of nitrogens with two attached hydrogens (primary N) is 1. The Balaban J connectivity index is 2.28. The van der Waals surface area contributed by atoms with Crippen molar-refractivity contribution in [2.75, 3.05) is 19.6 Å². The maximum Gasteiger partial charge on any atom is 0.0389 e. The van der Waals surface area contributed by atoms with Crippen molar-refractivity contribution in [3.8, 4) is 0 Å². The first-order chi connectivity index (χ1) is 8.67. The summed E-state index contributed by atoms with van der Waals surface area (Å²) in [5, 5.41) is 0. The summed E-state index contributed by atoms with van der Waals surface area (Å²) in [4.78, 5) is 2.58. The van der Waals surface area contributed by atoms with Gasteiger partial charge in [0.05, 0.1) is 0 Å². The Labute approximate surface area is 126 Å². The van der Waals surface area contributed by atoms with Gasteiger partial charge in [-0.2, -0.15) is 0 Å². The van der Waals surface area contributed by atoms with Gasteiger partial charge in [0.25, 0.3) is 0 Å². The molecule has 0 aromatic heterocycles. The Hall–Kier alpha value is 0.1000. The van der Waals surface area contributed by atoms with Crippen LogP contribution in [0.4, 0.5) is 0 Å². The van der Waals surface area contributed by atoms with Gasteiger partial charge in [0, 0.05) is 15.0 Å². The van der Waals surface area contributed by atoms with E-state index in [4.69, 9.17) is 5.73 Å². The number of benzene rings is 1. The lowest BCUT2D eigenvalue weighted by atomic mass is 9.94. The average Bonchev–Trinajstić information content (AvgIpc) is 2.76. The first kappa shape index (κ1) is 14.5. The third-order valence-corrected chi connectivity index (χ3v) is 5.61. The largest absolute Gasteiger partial charge is 0.330 e. The van der Waals surface area contributed by atoms with Crippen LogP contribution in [-0.4, -0.2) is 24.5 Å². The summed E-state index contributed by atoms with van der Waals surface area (Å²) in [5.74, 6) is 0.588. The summed E-state index contributed by atoms with van der Waals surface area (Å²) in [6.07, 6.45) is 2.42. The van der Waals surface area contributed by atoms with Crippen LogP contribution in [0.5, 0.6) is 0 Å². The molecule has 1 aliphatic rings. The maximum atomic E-state index is 5.94. The first-order valence-electron chi connectivity index (χ1n) is 6.56. The molecular weight excluding hydrogens is 356 g/mol. The highest BCUT2D eigenvalue weighted by molar-refractivity contribution is 9.13. The van der Waals surface area contributed by atoms with Crippen LogP contribution in [0, 0.1) is 5.92 Å². The number of hydrogen-bond donors (Lipinski definition) is 1. The molecule has 2 rings (SSSR count). The van der Waals surface area contributed by atoms with Gasteiger partial charge in [0.15, 0.2) is 0 Å². The Morgan fingerprint density at radius 2 is 2.11 bits per heavy atom. The molecule has 0 saturated carbocycles. The number of hydrogen-bond acceptors (Lipinski definition) is 2. The van der Waals surface area contributed by atoms with E-state index in [1.807, 2.05) is 0 Å². The van der Waals surface area contributed by atoms with Gasteiger partial charge in [-0.1, -0.05) is 13.0 Å². The van der Waals surface area contributed by atoms with Gasteiger partial charge in [0.1, 0.15) is 0 Å². The highest BCUT2D eigenvalue weighted by atomic mass is 79.9. The standard InChI is InChI=1S/C14H20Br2N2/c1-2-6-18-7-5-11(9-17)14(18)10-3-4-12(15)13(16)8-10/h3-4,8,11,14H,2,5-7,9,17H2,1H3. The molecule has 2 nitrogen and oxygen atoms in total. The van der Waals surface area contributed by atoms with Crippen molar-refractivity contribution in [3.05, 3.63) is 32.7 Å². The summed E-state index contributed by atoms with van der Waals surface area (Å²) in [6.45, 7) is 5.35. The van der Waals surface area contributed by atoms with Crippen molar-refractivity contribution in [1.82, 2.24) is 4.90 Å². The molecular formula is C14H20Br2N2. The van der Waals surface area contributed by atoms with Crippen molar-refractivity contribution >= 4 is 31.9 Å². The number of halogens is 2. The molecule has 0 aliphatic carbocycles. The summed E-state index contributed by atoms with van der Waals surface area (Å²) >= 11 is 7.13. The fraction of sp³-hybridized carbons (Fsp3) is 0.571. The second-order valence-corrected chi connectivity index (χ2v) is 6.65. The average molecular weight is 376 g/mol.